The summed E-state index contributed by atoms with van der Waals surface area (Å²) in [4.78, 5) is 24.6. The summed E-state index contributed by atoms with van der Waals surface area (Å²) in [6.07, 6.45) is 0. The lowest BCUT2D eigenvalue weighted by Crippen LogP contribution is -2.30. The van der Waals surface area contributed by atoms with Gasteiger partial charge in [-0.15, -0.1) is 11.8 Å². The first-order valence-electron chi connectivity index (χ1n) is 6.01. The highest BCUT2D eigenvalue weighted by atomic mass is 32.2. The second kappa shape index (κ2) is 7.55. The van der Waals surface area contributed by atoms with Gasteiger partial charge >= 0.3 is 5.97 Å². The molecule has 1 heterocycles. The van der Waals surface area contributed by atoms with Crippen molar-refractivity contribution in [2.75, 3.05) is 12.8 Å². The van der Waals surface area contributed by atoms with E-state index in [1.165, 1.54) is 11.8 Å². The quantitative estimate of drug-likeness (QED) is 0.841. The molecule has 0 saturated carbocycles. The highest BCUT2D eigenvalue weighted by molar-refractivity contribution is 8.01. The van der Waals surface area contributed by atoms with E-state index in [4.69, 9.17) is 5.11 Å². The summed E-state index contributed by atoms with van der Waals surface area (Å²) in [7, 11) is 1.74. The molecule has 106 valence electrons. The maximum atomic E-state index is 11.9. The van der Waals surface area contributed by atoms with Crippen molar-refractivity contribution in [3.05, 3.63) is 22.4 Å². The Morgan fingerprint density at radius 2 is 2.16 bits per heavy atom. The van der Waals surface area contributed by atoms with Gasteiger partial charge in [0, 0.05) is 13.6 Å². The lowest BCUT2D eigenvalue weighted by atomic mass is 10.1. The topological polar surface area (TPSA) is 57.6 Å². The Hall–Kier alpha value is -1.01. The van der Waals surface area contributed by atoms with Gasteiger partial charge in [-0.1, -0.05) is 13.8 Å². The number of amides is 1. The zero-order valence-electron chi connectivity index (χ0n) is 11.3. The van der Waals surface area contributed by atoms with Gasteiger partial charge in [-0.3, -0.25) is 9.59 Å². The maximum absolute atomic E-state index is 11.9. The van der Waals surface area contributed by atoms with E-state index in [0.29, 0.717) is 6.54 Å². The molecule has 0 aliphatic rings. The Morgan fingerprint density at radius 1 is 1.47 bits per heavy atom. The van der Waals surface area contributed by atoms with Gasteiger partial charge in [-0.25, -0.2) is 0 Å². The van der Waals surface area contributed by atoms with Gasteiger partial charge in [0.15, 0.2) is 0 Å². The number of carboxylic acid groups (broad SMARTS) is 1. The van der Waals surface area contributed by atoms with Crippen LogP contribution in [0.1, 0.15) is 19.4 Å². The number of thioether (sulfide) groups is 1. The molecule has 0 saturated heterocycles. The molecular formula is C13H19NO3S2. The van der Waals surface area contributed by atoms with Crippen LogP contribution in [0.15, 0.2) is 16.8 Å². The summed E-state index contributed by atoms with van der Waals surface area (Å²) in [5.41, 5.74) is 1.10. The normalized spacial score (nSPS) is 12.4. The molecule has 0 spiro atoms. The standard InChI is InChI=1S/C13H19NO3S2/c1-9(2)12(13(16)17)19-8-11(15)14(3)6-10-4-5-18-7-10/h4-5,7,9,12H,6,8H2,1-3H3,(H,16,17). The number of carbonyl (C=O) groups is 2. The SMILES string of the molecule is CC(C)C(SCC(=O)N(C)Cc1ccsc1)C(=O)O. The van der Waals surface area contributed by atoms with Crippen molar-refractivity contribution >= 4 is 35.0 Å². The summed E-state index contributed by atoms with van der Waals surface area (Å²) in [5.74, 6) is -0.677. The average Bonchev–Trinajstić information content (AvgIpc) is 2.80. The largest absolute Gasteiger partial charge is 0.480 e. The summed E-state index contributed by atoms with van der Waals surface area (Å²) in [6, 6.07) is 1.98. The second-order valence-electron chi connectivity index (χ2n) is 4.70. The van der Waals surface area contributed by atoms with E-state index < -0.39 is 11.2 Å². The van der Waals surface area contributed by atoms with Crippen molar-refractivity contribution in [1.82, 2.24) is 4.90 Å². The molecule has 1 rings (SSSR count). The molecule has 1 amide bonds. The Kier molecular flexibility index (Phi) is 6.37. The van der Waals surface area contributed by atoms with Crippen molar-refractivity contribution in [2.45, 2.75) is 25.6 Å². The van der Waals surface area contributed by atoms with Crippen LogP contribution < -0.4 is 0 Å². The number of thiophene rings is 1. The minimum atomic E-state index is -0.853. The van der Waals surface area contributed by atoms with E-state index in [-0.39, 0.29) is 17.6 Å². The van der Waals surface area contributed by atoms with Crippen molar-refractivity contribution in [3.8, 4) is 0 Å². The minimum Gasteiger partial charge on any atom is -0.480 e. The second-order valence-corrected chi connectivity index (χ2v) is 6.61. The van der Waals surface area contributed by atoms with Crippen molar-refractivity contribution in [3.63, 3.8) is 0 Å². The molecule has 0 aromatic carbocycles. The fourth-order valence-electron chi connectivity index (χ4n) is 1.56. The fourth-order valence-corrected chi connectivity index (χ4v) is 3.29. The van der Waals surface area contributed by atoms with Crippen LogP contribution in [0.3, 0.4) is 0 Å². The van der Waals surface area contributed by atoms with E-state index in [2.05, 4.69) is 0 Å². The Bertz CT molecular complexity index is 418. The molecule has 4 nitrogen and oxygen atoms in total. The van der Waals surface area contributed by atoms with Crippen molar-refractivity contribution in [1.29, 1.82) is 0 Å². The number of rotatable bonds is 7. The molecule has 0 aliphatic carbocycles. The van der Waals surface area contributed by atoms with Gasteiger partial charge in [0.05, 0.1) is 5.75 Å². The van der Waals surface area contributed by atoms with E-state index in [9.17, 15) is 9.59 Å². The third-order valence-electron chi connectivity index (χ3n) is 2.66. The summed E-state index contributed by atoms with van der Waals surface area (Å²) in [5, 5.41) is 12.5. The Balaban J connectivity index is 2.43. The molecule has 0 radical (unpaired) electrons. The lowest BCUT2D eigenvalue weighted by molar-refractivity contribution is -0.137. The average molecular weight is 301 g/mol. The van der Waals surface area contributed by atoms with E-state index in [0.717, 1.165) is 5.56 Å². The van der Waals surface area contributed by atoms with Crippen LogP contribution in [0, 0.1) is 5.92 Å². The van der Waals surface area contributed by atoms with Gasteiger partial charge in [0.1, 0.15) is 5.25 Å². The number of carboxylic acids is 1. The van der Waals surface area contributed by atoms with E-state index in [1.54, 1.807) is 23.3 Å². The van der Waals surface area contributed by atoms with Crippen molar-refractivity contribution in [2.24, 2.45) is 5.92 Å². The summed E-state index contributed by atoms with van der Waals surface area (Å²) >= 11 is 2.80. The molecule has 1 unspecified atom stereocenters. The van der Waals surface area contributed by atoms with Gasteiger partial charge < -0.3 is 10.0 Å². The summed E-state index contributed by atoms with van der Waals surface area (Å²) < 4.78 is 0. The van der Waals surface area contributed by atoms with E-state index in [1.807, 2.05) is 30.7 Å². The van der Waals surface area contributed by atoms with Crippen LogP contribution in [0.25, 0.3) is 0 Å². The smallest absolute Gasteiger partial charge is 0.316 e. The molecule has 1 aromatic heterocycles. The summed E-state index contributed by atoms with van der Waals surface area (Å²) in [6.45, 7) is 4.28. The predicted molar refractivity (Wildman–Crippen MR) is 79.5 cm³/mol. The van der Waals surface area contributed by atoms with Crippen LogP contribution in [0.2, 0.25) is 0 Å². The zero-order chi connectivity index (χ0) is 14.4. The predicted octanol–water partition coefficient (Wildman–Crippen LogP) is 2.55. The molecule has 1 atom stereocenters. The first kappa shape index (κ1) is 16.0. The first-order valence-corrected chi connectivity index (χ1v) is 8.00. The molecule has 19 heavy (non-hydrogen) atoms. The van der Waals surface area contributed by atoms with Crippen LogP contribution in [-0.4, -0.2) is 39.9 Å². The monoisotopic (exact) mass is 301 g/mol. The Labute approximate surface area is 121 Å². The number of hydrogen-bond acceptors (Lipinski definition) is 4. The van der Waals surface area contributed by atoms with Gasteiger partial charge in [-0.05, 0) is 28.3 Å². The van der Waals surface area contributed by atoms with Gasteiger partial charge in [0.25, 0.3) is 0 Å². The highest BCUT2D eigenvalue weighted by Crippen LogP contribution is 2.20. The zero-order valence-corrected chi connectivity index (χ0v) is 13.0. The molecule has 0 aliphatic heterocycles. The third-order valence-corrected chi connectivity index (χ3v) is 4.91. The molecule has 1 aromatic rings. The van der Waals surface area contributed by atoms with Crippen LogP contribution >= 0.6 is 23.1 Å². The van der Waals surface area contributed by atoms with Gasteiger partial charge in [-0.2, -0.15) is 11.3 Å². The van der Waals surface area contributed by atoms with Crippen LogP contribution in [0.4, 0.5) is 0 Å². The van der Waals surface area contributed by atoms with Crippen molar-refractivity contribution < 1.29 is 14.7 Å². The number of aliphatic carboxylic acids is 1. The minimum absolute atomic E-state index is 0.0116. The molecular weight excluding hydrogens is 282 g/mol. The fraction of sp³-hybridized carbons (Fsp3) is 0.538. The molecule has 0 fully saturated rings. The number of hydrogen-bond donors (Lipinski definition) is 1. The van der Waals surface area contributed by atoms with Crippen LogP contribution in [0.5, 0.6) is 0 Å². The highest BCUT2D eigenvalue weighted by Gasteiger charge is 2.23. The maximum Gasteiger partial charge on any atom is 0.316 e. The molecule has 6 heteroatoms. The molecule has 1 N–H and O–H groups in total. The van der Waals surface area contributed by atoms with E-state index >= 15 is 0 Å². The molecule has 0 bridgehead atoms. The third kappa shape index (κ3) is 5.24. The Morgan fingerprint density at radius 3 is 2.63 bits per heavy atom. The van der Waals surface area contributed by atoms with Gasteiger partial charge in [0.2, 0.25) is 5.91 Å². The van der Waals surface area contributed by atoms with Crippen LogP contribution in [-0.2, 0) is 16.1 Å². The first-order chi connectivity index (χ1) is 8.91. The number of carbonyl (C=O) groups excluding carboxylic acids is 1. The number of nitrogens with zero attached hydrogens (tertiary/aromatic N) is 1. The lowest BCUT2D eigenvalue weighted by Gasteiger charge is -2.19.